The molecule has 0 aromatic heterocycles. The van der Waals surface area contributed by atoms with Crippen LogP contribution in [0.4, 0.5) is 0 Å². The minimum Gasteiger partial charge on any atom is -0.463 e. The maximum absolute atomic E-state index is 11.2. The second kappa shape index (κ2) is 9.76. The van der Waals surface area contributed by atoms with Gasteiger partial charge in [-0.2, -0.15) is 0 Å². The lowest BCUT2D eigenvalue weighted by Crippen LogP contribution is -2.02. The van der Waals surface area contributed by atoms with Crippen LogP contribution in [0.5, 0.6) is 0 Å². The van der Waals surface area contributed by atoms with Gasteiger partial charge in [-0.05, 0) is 27.7 Å². The fraction of sp³-hybridized carbons (Fsp3) is 0.727. The lowest BCUT2D eigenvalue weighted by Gasteiger charge is -2.15. The average Bonchev–Trinajstić information content (AvgIpc) is 2.18. The molecule has 0 aliphatic heterocycles. The van der Waals surface area contributed by atoms with Gasteiger partial charge in [-0.15, -0.1) is 0 Å². The molecule has 0 spiro atoms. The first kappa shape index (κ1) is 15.6. The van der Waals surface area contributed by atoms with Crippen LogP contribution in [0.1, 0.15) is 27.7 Å². The van der Waals surface area contributed by atoms with E-state index in [0.29, 0.717) is 26.0 Å². The minimum absolute atomic E-state index is 0.303. The molecule has 0 heterocycles. The van der Waals surface area contributed by atoms with Crippen LogP contribution in [-0.4, -0.2) is 32.0 Å². The van der Waals surface area contributed by atoms with Crippen molar-refractivity contribution in [3.05, 3.63) is 11.6 Å². The molecule has 0 bridgehead atoms. The summed E-state index contributed by atoms with van der Waals surface area (Å²) in [6.07, 6.45) is 2.15. The zero-order valence-corrected chi connectivity index (χ0v) is 11.4. The molecule has 94 valence electrons. The van der Waals surface area contributed by atoms with Crippen molar-refractivity contribution in [2.24, 2.45) is 0 Å². The first-order valence-corrected chi connectivity index (χ1v) is 6.87. The largest absolute Gasteiger partial charge is 0.463 e. The minimum atomic E-state index is -0.916. The van der Waals surface area contributed by atoms with Gasteiger partial charge in [0.1, 0.15) is 0 Å². The third-order valence-electron chi connectivity index (χ3n) is 1.58. The number of ether oxygens (including phenoxy) is 1. The van der Waals surface area contributed by atoms with Gasteiger partial charge in [-0.3, -0.25) is 0 Å². The van der Waals surface area contributed by atoms with Crippen LogP contribution in [0.15, 0.2) is 11.6 Å². The lowest BCUT2D eigenvalue weighted by atomic mass is 10.3. The zero-order valence-electron chi connectivity index (χ0n) is 10.5. The first-order chi connectivity index (χ1) is 7.63. The van der Waals surface area contributed by atoms with Crippen molar-refractivity contribution in [2.75, 3.05) is 26.0 Å². The van der Waals surface area contributed by atoms with Crippen molar-refractivity contribution in [1.29, 1.82) is 0 Å². The number of esters is 1. The lowest BCUT2D eigenvalue weighted by molar-refractivity contribution is -0.137. The second-order valence-electron chi connectivity index (χ2n) is 3.07. The van der Waals surface area contributed by atoms with Gasteiger partial charge >= 0.3 is 5.97 Å². The summed E-state index contributed by atoms with van der Waals surface area (Å²) in [6.45, 7) is 9.17. The summed E-state index contributed by atoms with van der Waals surface area (Å²) in [7, 11) is -0.916. The van der Waals surface area contributed by atoms with E-state index in [1.54, 1.807) is 6.92 Å². The molecule has 0 fully saturated rings. The van der Waals surface area contributed by atoms with E-state index in [9.17, 15) is 4.79 Å². The van der Waals surface area contributed by atoms with E-state index < -0.39 is 8.38 Å². The third kappa shape index (κ3) is 7.80. The van der Waals surface area contributed by atoms with E-state index in [1.807, 2.05) is 20.8 Å². The molecule has 0 saturated carbocycles. The number of carbonyl (C=O) groups is 1. The molecule has 0 aromatic carbocycles. The van der Waals surface area contributed by atoms with E-state index in [4.69, 9.17) is 13.8 Å². The predicted molar refractivity (Wildman–Crippen MR) is 65.4 cm³/mol. The second-order valence-corrected chi connectivity index (χ2v) is 4.57. The van der Waals surface area contributed by atoms with Gasteiger partial charge < -0.3 is 13.8 Å². The van der Waals surface area contributed by atoms with Crippen molar-refractivity contribution < 1.29 is 18.6 Å². The molecule has 5 heteroatoms. The van der Waals surface area contributed by atoms with Crippen LogP contribution in [0.2, 0.25) is 0 Å². The Labute approximate surface area is 98.9 Å². The van der Waals surface area contributed by atoms with Crippen molar-refractivity contribution in [3.8, 4) is 0 Å². The summed E-state index contributed by atoms with van der Waals surface area (Å²) < 4.78 is 15.7. The molecule has 0 aliphatic carbocycles. The highest BCUT2D eigenvalue weighted by Gasteiger charge is 2.10. The molecule has 16 heavy (non-hydrogen) atoms. The Morgan fingerprint density at radius 2 is 1.69 bits per heavy atom. The van der Waals surface area contributed by atoms with Gasteiger partial charge in [-0.1, -0.05) is 5.57 Å². The number of hydrogen-bond donors (Lipinski definition) is 0. The molecule has 0 aromatic rings. The molecule has 0 aliphatic rings. The molecule has 0 radical (unpaired) electrons. The van der Waals surface area contributed by atoms with E-state index in [-0.39, 0.29) is 5.97 Å². The van der Waals surface area contributed by atoms with Crippen LogP contribution in [-0.2, 0) is 18.6 Å². The van der Waals surface area contributed by atoms with E-state index in [2.05, 4.69) is 0 Å². The Morgan fingerprint density at radius 3 is 2.12 bits per heavy atom. The van der Waals surface area contributed by atoms with Crippen LogP contribution < -0.4 is 0 Å². The Morgan fingerprint density at radius 1 is 1.12 bits per heavy atom. The molecular weight excluding hydrogens is 227 g/mol. The van der Waals surface area contributed by atoms with Gasteiger partial charge in [0.05, 0.1) is 19.8 Å². The Kier molecular flexibility index (Phi) is 9.49. The van der Waals surface area contributed by atoms with Crippen LogP contribution in [0.3, 0.4) is 0 Å². The van der Waals surface area contributed by atoms with E-state index >= 15 is 0 Å². The quantitative estimate of drug-likeness (QED) is 0.376. The average molecular weight is 248 g/mol. The smallest absolute Gasteiger partial charge is 0.330 e. The van der Waals surface area contributed by atoms with Gasteiger partial charge in [0.25, 0.3) is 0 Å². The molecule has 0 atom stereocenters. The van der Waals surface area contributed by atoms with Gasteiger partial charge in [0.2, 0.25) is 0 Å². The number of rotatable bonds is 8. The van der Waals surface area contributed by atoms with E-state index in [1.165, 1.54) is 6.08 Å². The van der Waals surface area contributed by atoms with E-state index in [0.717, 1.165) is 5.57 Å². The summed E-state index contributed by atoms with van der Waals surface area (Å²) >= 11 is 0. The Hall–Kier alpha value is -0.440. The van der Waals surface area contributed by atoms with Crippen molar-refractivity contribution in [2.45, 2.75) is 27.7 Å². The van der Waals surface area contributed by atoms with Gasteiger partial charge in [-0.25, -0.2) is 4.79 Å². The van der Waals surface area contributed by atoms with Crippen LogP contribution >= 0.6 is 8.38 Å². The normalized spacial score (nSPS) is 11.9. The van der Waals surface area contributed by atoms with Crippen molar-refractivity contribution >= 4 is 14.3 Å². The summed E-state index contributed by atoms with van der Waals surface area (Å²) in [5.74, 6) is -0.303. The summed E-state index contributed by atoms with van der Waals surface area (Å²) in [5.41, 5.74) is 0.923. The highest BCUT2D eigenvalue weighted by atomic mass is 31.2. The van der Waals surface area contributed by atoms with Crippen LogP contribution in [0.25, 0.3) is 0 Å². The topological polar surface area (TPSA) is 44.8 Å². The Balaban J connectivity index is 4.15. The number of hydrogen-bond acceptors (Lipinski definition) is 4. The van der Waals surface area contributed by atoms with Crippen molar-refractivity contribution in [3.63, 3.8) is 0 Å². The summed E-state index contributed by atoms with van der Waals surface area (Å²) in [5, 5.41) is 0. The fourth-order valence-electron chi connectivity index (χ4n) is 1.05. The Bertz CT molecular complexity index is 222. The SMILES string of the molecule is CCOC(=O)C=C(C)CP(OCC)OCC. The first-order valence-electron chi connectivity index (χ1n) is 5.51. The molecule has 0 N–H and O–H groups in total. The van der Waals surface area contributed by atoms with Gasteiger partial charge in [0, 0.05) is 12.2 Å². The van der Waals surface area contributed by atoms with Gasteiger partial charge in [0.15, 0.2) is 8.38 Å². The molecule has 0 amide bonds. The molecule has 0 rings (SSSR count). The predicted octanol–water partition coefficient (Wildman–Crippen LogP) is 2.88. The van der Waals surface area contributed by atoms with Crippen molar-refractivity contribution in [1.82, 2.24) is 0 Å². The monoisotopic (exact) mass is 248 g/mol. The molecule has 4 nitrogen and oxygen atoms in total. The highest BCUT2D eigenvalue weighted by Crippen LogP contribution is 2.39. The molecule has 0 unspecified atom stereocenters. The standard InChI is InChI=1S/C11H21O4P/c1-5-13-11(12)8-10(4)9-16(14-6-2)15-7-3/h8H,5-7,9H2,1-4H3. The number of allylic oxidation sites excluding steroid dienone is 1. The zero-order chi connectivity index (χ0) is 12.4. The highest BCUT2D eigenvalue weighted by molar-refractivity contribution is 7.47. The molecular formula is C11H21O4P. The third-order valence-corrected chi connectivity index (χ3v) is 3.42. The summed E-state index contributed by atoms with van der Waals surface area (Å²) in [4.78, 5) is 11.2. The number of carbonyl (C=O) groups excluding carboxylic acids is 1. The maximum atomic E-state index is 11.2. The molecule has 0 saturated heterocycles. The fourth-order valence-corrected chi connectivity index (χ4v) is 2.38. The maximum Gasteiger partial charge on any atom is 0.330 e. The van der Waals surface area contributed by atoms with Crippen LogP contribution in [0, 0.1) is 0 Å². The summed E-state index contributed by atoms with van der Waals surface area (Å²) in [6, 6.07) is 0.